The van der Waals surface area contributed by atoms with E-state index < -0.39 is 0 Å². The number of hydrogen-bond donors (Lipinski definition) is 1. The highest BCUT2D eigenvalue weighted by Gasteiger charge is 2.25. The fraction of sp³-hybridized carbons (Fsp3) is 0.500. The number of nitrogens with zero attached hydrogens (tertiary/aromatic N) is 4. The van der Waals surface area contributed by atoms with Crippen molar-refractivity contribution in [1.82, 2.24) is 20.2 Å². The number of carbonyl (C=O) groups is 2. The van der Waals surface area contributed by atoms with E-state index in [1.54, 1.807) is 18.3 Å². The van der Waals surface area contributed by atoms with E-state index in [4.69, 9.17) is 0 Å². The van der Waals surface area contributed by atoms with Gasteiger partial charge in [-0.25, -0.2) is 9.97 Å². The average Bonchev–Trinajstić information content (AvgIpc) is 2.85. The summed E-state index contributed by atoms with van der Waals surface area (Å²) in [5, 5.41) is 1.90. The molecule has 0 unspecified atom stereocenters. The first kappa shape index (κ1) is 16.9. The zero-order valence-corrected chi connectivity index (χ0v) is 14.7. The topological polar surface area (TPSA) is 78.4 Å². The summed E-state index contributed by atoms with van der Waals surface area (Å²) in [6, 6.07) is 1.74. The standard InChI is InChI=1S/C16H21N5O2S/c1-20(2)10-11-4-7-21(8-5-11)15-17-6-3-12(18-15)9-13-14(22)19-16(23)24-13/h3,6,9,11H,4-5,7-8,10H2,1-2H3,(H,19,22,23)/b13-9-. The first-order chi connectivity index (χ1) is 11.5. The van der Waals surface area contributed by atoms with E-state index in [1.165, 1.54) is 0 Å². The van der Waals surface area contributed by atoms with Crippen LogP contribution in [0.4, 0.5) is 10.7 Å². The van der Waals surface area contributed by atoms with Crippen LogP contribution in [0.5, 0.6) is 0 Å². The number of thioether (sulfide) groups is 1. The Labute approximate surface area is 145 Å². The summed E-state index contributed by atoms with van der Waals surface area (Å²) in [6.07, 6.45) is 5.58. The zero-order valence-electron chi connectivity index (χ0n) is 13.9. The van der Waals surface area contributed by atoms with Crippen LogP contribution in [0.3, 0.4) is 0 Å². The van der Waals surface area contributed by atoms with Gasteiger partial charge in [-0.3, -0.25) is 14.9 Å². The smallest absolute Gasteiger partial charge is 0.290 e. The molecule has 0 bridgehead atoms. The van der Waals surface area contributed by atoms with Crippen LogP contribution in [0.1, 0.15) is 18.5 Å². The van der Waals surface area contributed by atoms with Crippen LogP contribution in [-0.2, 0) is 4.79 Å². The summed E-state index contributed by atoms with van der Waals surface area (Å²) < 4.78 is 0. The van der Waals surface area contributed by atoms with Crippen molar-refractivity contribution in [3.8, 4) is 0 Å². The molecular formula is C16H21N5O2S. The van der Waals surface area contributed by atoms with Crippen LogP contribution in [0, 0.1) is 5.92 Å². The maximum absolute atomic E-state index is 11.6. The molecule has 0 saturated carbocycles. The molecule has 3 heterocycles. The molecule has 128 valence electrons. The molecule has 2 aliphatic rings. The van der Waals surface area contributed by atoms with Crippen molar-refractivity contribution in [2.45, 2.75) is 12.8 Å². The Balaban J connectivity index is 1.67. The molecule has 0 aliphatic carbocycles. The summed E-state index contributed by atoms with van der Waals surface area (Å²) in [5.41, 5.74) is 0.641. The van der Waals surface area contributed by atoms with Crippen LogP contribution in [0.15, 0.2) is 17.2 Å². The molecule has 0 atom stereocenters. The van der Waals surface area contributed by atoms with Crippen molar-refractivity contribution < 1.29 is 9.59 Å². The van der Waals surface area contributed by atoms with Crippen molar-refractivity contribution in [2.24, 2.45) is 5.92 Å². The van der Waals surface area contributed by atoms with Gasteiger partial charge < -0.3 is 9.80 Å². The molecule has 3 rings (SSSR count). The van der Waals surface area contributed by atoms with Crippen LogP contribution in [-0.4, -0.2) is 59.7 Å². The quantitative estimate of drug-likeness (QED) is 0.829. The lowest BCUT2D eigenvalue weighted by molar-refractivity contribution is -0.115. The summed E-state index contributed by atoms with van der Waals surface area (Å²) >= 11 is 0.899. The van der Waals surface area contributed by atoms with Gasteiger partial charge in [-0.1, -0.05) is 0 Å². The molecule has 2 amide bonds. The molecule has 0 radical (unpaired) electrons. The Kier molecular flexibility index (Phi) is 5.15. The van der Waals surface area contributed by atoms with Crippen LogP contribution in [0.2, 0.25) is 0 Å². The van der Waals surface area contributed by atoms with E-state index in [1.807, 2.05) is 0 Å². The highest BCUT2D eigenvalue weighted by molar-refractivity contribution is 8.18. The first-order valence-electron chi connectivity index (χ1n) is 7.99. The highest BCUT2D eigenvalue weighted by Crippen LogP contribution is 2.26. The largest absolute Gasteiger partial charge is 0.341 e. The van der Waals surface area contributed by atoms with Gasteiger partial charge in [0.25, 0.3) is 11.1 Å². The number of amides is 2. The molecule has 24 heavy (non-hydrogen) atoms. The van der Waals surface area contributed by atoms with Gasteiger partial charge in [-0.2, -0.15) is 0 Å². The predicted octanol–water partition coefficient (Wildman–Crippen LogP) is 1.58. The van der Waals surface area contributed by atoms with Gasteiger partial charge in [0.2, 0.25) is 5.95 Å². The summed E-state index contributed by atoms with van der Waals surface area (Å²) in [5.74, 6) is 1.03. The van der Waals surface area contributed by atoms with E-state index in [9.17, 15) is 9.59 Å². The summed E-state index contributed by atoms with van der Waals surface area (Å²) in [7, 11) is 4.21. The molecular weight excluding hydrogens is 326 g/mol. The fourth-order valence-electron chi connectivity index (χ4n) is 2.98. The second-order valence-corrected chi connectivity index (χ2v) is 7.34. The van der Waals surface area contributed by atoms with Crippen molar-refractivity contribution in [3.05, 3.63) is 22.9 Å². The fourth-order valence-corrected chi connectivity index (χ4v) is 3.65. The van der Waals surface area contributed by atoms with Gasteiger partial charge in [-0.15, -0.1) is 0 Å². The van der Waals surface area contributed by atoms with Gasteiger partial charge in [0.05, 0.1) is 10.6 Å². The Bertz CT molecular complexity index is 668. The van der Waals surface area contributed by atoms with E-state index >= 15 is 0 Å². The lowest BCUT2D eigenvalue weighted by Gasteiger charge is -2.33. The number of carbonyl (C=O) groups excluding carboxylic acids is 2. The molecule has 0 aromatic carbocycles. The van der Waals surface area contributed by atoms with Crippen molar-refractivity contribution in [2.75, 3.05) is 38.6 Å². The molecule has 1 N–H and O–H groups in total. The number of imide groups is 1. The summed E-state index contributed by atoms with van der Waals surface area (Å²) in [6.45, 7) is 2.99. The van der Waals surface area contributed by atoms with Crippen LogP contribution < -0.4 is 10.2 Å². The number of aromatic nitrogens is 2. The Morgan fingerprint density at radius 3 is 2.75 bits per heavy atom. The summed E-state index contributed by atoms with van der Waals surface area (Å²) in [4.78, 5) is 36.5. The molecule has 8 heteroatoms. The van der Waals surface area contributed by atoms with Crippen molar-refractivity contribution in [3.63, 3.8) is 0 Å². The molecule has 2 fully saturated rings. The molecule has 1 aromatic rings. The number of nitrogens with one attached hydrogen (secondary N) is 1. The average molecular weight is 347 g/mol. The van der Waals surface area contributed by atoms with Crippen LogP contribution in [0.25, 0.3) is 6.08 Å². The Morgan fingerprint density at radius 1 is 1.38 bits per heavy atom. The molecule has 0 spiro atoms. The van der Waals surface area contributed by atoms with Crippen molar-refractivity contribution in [1.29, 1.82) is 0 Å². The van der Waals surface area contributed by atoms with E-state index in [2.05, 4.69) is 39.2 Å². The maximum atomic E-state index is 11.6. The van der Waals surface area contributed by atoms with Crippen LogP contribution >= 0.6 is 11.8 Å². The Hall–Kier alpha value is -1.93. The predicted molar refractivity (Wildman–Crippen MR) is 94.6 cm³/mol. The second kappa shape index (κ2) is 7.31. The van der Waals surface area contributed by atoms with Gasteiger partial charge in [0, 0.05) is 25.8 Å². The van der Waals surface area contributed by atoms with E-state index in [0.29, 0.717) is 22.5 Å². The number of hydrogen-bond acceptors (Lipinski definition) is 7. The zero-order chi connectivity index (χ0) is 17.1. The minimum atomic E-state index is -0.366. The second-order valence-electron chi connectivity index (χ2n) is 6.33. The van der Waals surface area contributed by atoms with Gasteiger partial charge in [-0.05, 0) is 56.8 Å². The first-order valence-corrected chi connectivity index (χ1v) is 8.80. The number of anilines is 1. The van der Waals surface area contributed by atoms with E-state index in [-0.39, 0.29) is 11.1 Å². The maximum Gasteiger partial charge on any atom is 0.290 e. The minimum Gasteiger partial charge on any atom is -0.341 e. The molecule has 2 saturated heterocycles. The van der Waals surface area contributed by atoms with Gasteiger partial charge >= 0.3 is 0 Å². The molecule has 2 aliphatic heterocycles. The number of rotatable bonds is 4. The lowest BCUT2D eigenvalue weighted by atomic mass is 9.97. The number of piperidine rings is 1. The lowest BCUT2D eigenvalue weighted by Crippen LogP contribution is -2.38. The van der Waals surface area contributed by atoms with Crippen molar-refractivity contribution >= 4 is 34.9 Å². The monoisotopic (exact) mass is 347 g/mol. The SMILES string of the molecule is CN(C)CC1CCN(c2nccc(/C=C3\SC(=O)NC3=O)n2)CC1. The molecule has 7 nitrogen and oxygen atoms in total. The molecule has 1 aromatic heterocycles. The highest BCUT2D eigenvalue weighted by atomic mass is 32.2. The Morgan fingerprint density at radius 2 is 2.12 bits per heavy atom. The normalized spacial score (nSPS) is 21.0. The van der Waals surface area contributed by atoms with Gasteiger partial charge in [0.15, 0.2) is 0 Å². The van der Waals surface area contributed by atoms with Gasteiger partial charge in [0.1, 0.15) is 0 Å². The third kappa shape index (κ3) is 4.12. The third-order valence-electron chi connectivity index (χ3n) is 4.11. The third-order valence-corrected chi connectivity index (χ3v) is 4.92. The minimum absolute atomic E-state index is 0.344. The van der Waals surface area contributed by atoms with E-state index in [0.717, 1.165) is 44.2 Å².